The van der Waals surface area contributed by atoms with Crippen molar-refractivity contribution in [1.82, 2.24) is 4.90 Å². The number of amides is 1. The van der Waals surface area contributed by atoms with Crippen LogP contribution in [-0.4, -0.2) is 62.5 Å². The number of carbonyl (C=O) groups is 2. The molecule has 0 saturated carbocycles. The predicted octanol–water partition coefficient (Wildman–Crippen LogP) is 1.34. The van der Waals surface area contributed by atoms with Crippen LogP contribution in [0.3, 0.4) is 0 Å². The summed E-state index contributed by atoms with van der Waals surface area (Å²) in [6.45, 7) is 3.91. The number of carbonyl (C=O) groups excluding carboxylic acids is 2. The van der Waals surface area contributed by atoms with E-state index in [4.69, 9.17) is 9.47 Å². The van der Waals surface area contributed by atoms with Crippen LogP contribution in [0.25, 0.3) is 0 Å². The second kappa shape index (κ2) is 9.02. The molecule has 0 radical (unpaired) electrons. The molecule has 7 nitrogen and oxygen atoms in total. The zero-order chi connectivity index (χ0) is 19.2. The van der Waals surface area contributed by atoms with E-state index in [9.17, 15) is 18.0 Å². The number of rotatable bonds is 8. The summed E-state index contributed by atoms with van der Waals surface area (Å²) in [5.41, 5.74) is 1.12. The highest BCUT2D eigenvalue weighted by molar-refractivity contribution is 7.91. The minimum atomic E-state index is -3.07. The zero-order valence-corrected chi connectivity index (χ0v) is 16.0. The molecule has 144 valence electrons. The van der Waals surface area contributed by atoms with Crippen molar-refractivity contribution < 1.29 is 27.5 Å². The van der Waals surface area contributed by atoms with Crippen LogP contribution in [0.5, 0.6) is 5.75 Å². The molecule has 8 heteroatoms. The largest absolute Gasteiger partial charge is 0.493 e. The highest BCUT2D eigenvalue weighted by atomic mass is 32.2. The maximum absolute atomic E-state index is 12.2. The molecule has 1 aliphatic rings. The van der Waals surface area contributed by atoms with Gasteiger partial charge in [0.2, 0.25) is 0 Å². The van der Waals surface area contributed by atoms with Gasteiger partial charge >= 0.3 is 5.97 Å². The second-order valence-corrected chi connectivity index (χ2v) is 8.54. The fourth-order valence-electron chi connectivity index (χ4n) is 2.84. The van der Waals surface area contributed by atoms with Crippen LogP contribution in [0.4, 0.5) is 0 Å². The van der Waals surface area contributed by atoms with Crippen LogP contribution in [0, 0.1) is 6.92 Å². The Hall–Kier alpha value is -2.09. The molecule has 0 spiro atoms. The summed E-state index contributed by atoms with van der Waals surface area (Å²) in [6, 6.07) is 7.13. The number of sulfone groups is 1. The van der Waals surface area contributed by atoms with Crippen molar-refractivity contribution in [3.05, 3.63) is 29.8 Å². The molecule has 0 bridgehead atoms. The van der Waals surface area contributed by atoms with Gasteiger partial charge in [-0.1, -0.05) is 17.7 Å². The molecule has 2 rings (SSSR count). The number of likely N-dealkylation sites (N-methyl/N-ethyl adjacent to an activating group) is 1. The van der Waals surface area contributed by atoms with E-state index in [1.165, 1.54) is 4.90 Å². The Morgan fingerprint density at radius 3 is 2.50 bits per heavy atom. The van der Waals surface area contributed by atoms with Crippen LogP contribution in [0.15, 0.2) is 24.3 Å². The molecule has 0 N–H and O–H groups in total. The van der Waals surface area contributed by atoms with E-state index in [2.05, 4.69) is 0 Å². The Balaban J connectivity index is 1.71. The number of benzene rings is 1. The van der Waals surface area contributed by atoms with Crippen LogP contribution in [0.1, 0.15) is 25.3 Å². The normalized spacial score (nSPS) is 18.3. The Morgan fingerprint density at radius 1 is 1.23 bits per heavy atom. The van der Waals surface area contributed by atoms with E-state index < -0.39 is 15.8 Å². The highest BCUT2D eigenvalue weighted by Gasteiger charge is 2.34. The summed E-state index contributed by atoms with van der Waals surface area (Å²) >= 11 is 0. The van der Waals surface area contributed by atoms with Gasteiger partial charge in [0.15, 0.2) is 16.4 Å². The van der Waals surface area contributed by atoms with Crippen molar-refractivity contribution in [1.29, 1.82) is 0 Å². The third-order valence-electron chi connectivity index (χ3n) is 4.26. The average molecular weight is 383 g/mol. The van der Waals surface area contributed by atoms with Gasteiger partial charge in [-0.2, -0.15) is 0 Å². The topological polar surface area (TPSA) is 90.0 Å². The number of nitrogens with zero attached hydrogens (tertiary/aromatic N) is 1. The van der Waals surface area contributed by atoms with E-state index in [0.717, 1.165) is 5.56 Å². The van der Waals surface area contributed by atoms with Gasteiger partial charge < -0.3 is 14.4 Å². The third-order valence-corrected chi connectivity index (χ3v) is 6.01. The van der Waals surface area contributed by atoms with Crippen LogP contribution < -0.4 is 4.74 Å². The quantitative estimate of drug-likeness (QED) is 0.630. The Morgan fingerprint density at radius 2 is 1.92 bits per heavy atom. The SMILES string of the molecule is CCN(C(=O)COC(=O)CCOc1ccc(C)cc1)C1CCS(=O)(=O)C1. The van der Waals surface area contributed by atoms with Crippen molar-refractivity contribution >= 4 is 21.7 Å². The third kappa shape index (κ3) is 6.01. The van der Waals surface area contributed by atoms with Crippen molar-refractivity contribution in [2.45, 2.75) is 32.7 Å². The molecule has 0 aliphatic carbocycles. The first kappa shape index (κ1) is 20.2. The Bertz CT molecular complexity index is 729. The van der Waals surface area contributed by atoms with Crippen LogP contribution in [-0.2, 0) is 24.2 Å². The van der Waals surface area contributed by atoms with Crippen molar-refractivity contribution in [3.63, 3.8) is 0 Å². The van der Waals surface area contributed by atoms with Crippen LogP contribution in [0.2, 0.25) is 0 Å². The molecule has 1 saturated heterocycles. The monoisotopic (exact) mass is 383 g/mol. The van der Waals surface area contributed by atoms with E-state index >= 15 is 0 Å². The summed E-state index contributed by atoms with van der Waals surface area (Å²) in [6.07, 6.45) is 0.464. The number of hydrogen-bond donors (Lipinski definition) is 0. The summed E-state index contributed by atoms with van der Waals surface area (Å²) in [5, 5.41) is 0. The smallest absolute Gasteiger partial charge is 0.309 e. The lowest BCUT2D eigenvalue weighted by molar-refractivity contribution is -0.153. The predicted molar refractivity (Wildman–Crippen MR) is 96.7 cm³/mol. The summed E-state index contributed by atoms with van der Waals surface area (Å²) in [7, 11) is -3.07. The lowest BCUT2D eigenvalue weighted by Crippen LogP contribution is -2.43. The number of esters is 1. The van der Waals surface area contributed by atoms with Gasteiger partial charge in [0.05, 0.1) is 24.5 Å². The number of ether oxygens (including phenoxy) is 2. The van der Waals surface area contributed by atoms with Crippen molar-refractivity contribution in [2.75, 3.05) is 31.3 Å². The first-order chi connectivity index (χ1) is 12.3. The molecule has 1 aromatic rings. The molecule has 1 amide bonds. The molecule has 1 unspecified atom stereocenters. The van der Waals surface area contributed by atoms with Gasteiger partial charge in [0.25, 0.3) is 5.91 Å². The highest BCUT2D eigenvalue weighted by Crippen LogP contribution is 2.18. The molecule has 1 atom stereocenters. The number of aryl methyl sites for hydroxylation is 1. The summed E-state index contributed by atoms with van der Waals surface area (Å²) in [5.74, 6) is -0.162. The molecule has 0 aromatic heterocycles. The first-order valence-electron chi connectivity index (χ1n) is 8.65. The summed E-state index contributed by atoms with van der Waals surface area (Å²) < 4.78 is 33.6. The fraction of sp³-hybridized carbons (Fsp3) is 0.556. The summed E-state index contributed by atoms with van der Waals surface area (Å²) in [4.78, 5) is 25.5. The van der Waals surface area contributed by atoms with Gasteiger partial charge in [-0.15, -0.1) is 0 Å². The van der Waals surface area contributed by atoms with E-state index in [1.54, 1.807) is 6.92 Å². The zero-order valence-electron chi connectivity index (χ0n) is 15.1. The van der Waals surface area contributed by atoms with E-state index in [0.29, 0.717) is 18.7 Å². The van der Waals surface area contributed by atoms with Gasteiger partial charge in [-0.3, -0.25) is 9.59 Å². The minimum absolute atomic E-state index is 0.0229. The maximum Gasteiger partial charge on any atom is 0.309 e. The Labute approximate surface area is 154 Å². The molecule has 1 aliphatic heterocycles. The molecular formula is C18H25NO6S. The van der Waals surface area contributed by atoms with E-state index in [1.807, 2.05) is 31.2 Å². The molecule has 1 fully saturated rings. The minimum Gasteiger partial charge on any atom is -0.493 e. The van der Waals surface area contributed by atoms with Gasteiger partial charge in [0, 0.05) is 12.6 Å². The first-order valence-corrected chi connectivity index (χ1v) is 10.5. The van der Waals surface area contributed by atoms with Crippen LogP contribution >= 0.6 is 0 Å². The average Bonchev–Trinajstić information content (AvgIpc) is 2.95. The Kier molecular flexibility index (Phi) is 7.02. The van der Waals surface area contributed by atoms with Gasteiger partial charge in [-0.25, -0.2) is 8.42 Å². The van der Waals surface area contributed by atoms with Gasteiger partial charge in [-0.05, 0) is 32.4 Å². The van der Waals surface area contributed by atoms with Crippen molar-refractivity contribution in [2.24, 2.45) is 0 Å². The molecule has 26 heavy (non-hydrogen) atoms. The molecular weight excluding hydrogens is 358 g/mol. The maximum atomic E-state index is 12.2. The molecule has 1 aromatic carbocycles. The number of hydrogen-bond acceptors (Lipinski definition) is 6. The lowest BCUT2D eigenvalue weighted by Gasteiger charge is -2.26. The standard InChI is InChI=1S/C18H25NO6S/c1-3-19(15-9-11-26(22,23)13-15)17(20)12-25-18(21)8-10-24-16-6-4-14(2)5-7-16/h4-7,15H,3,8-13H2,1-2H3. The van der Waals surface area contributed by atoms with Crippen molar-refractivity contribution in [3.8, 4) is 5.75 Å². The molecule has 1 heterocycles. The fourth-order valence-corrected chi connectivity index (χ4v) is 4.57. The lowest BCUT2D eigenvalue weighted by atomic mass is 10.2. The second-order valence-electron chi connectivity index (χ2n) is 6.31. The van der Waals surface area contributed by atoms with E-state index in [-0.39, 0.29) is 43.1 Å². The van der Waals surface area contributed by atoms with Gasteiger partial charge in [0.1, 0.15) is 5.75 Å².